The predicted octanol–water partition coefficient (Wildman–Crippen LogP) is 4.31. The summed E-state index contributed by atoms with van der Waals surface area (Å²) in [4.78, 5) is 38.7. The number of benzene rings is 2. The number of anilines is 3. The SMILES string of the molecule is CC(C)(C(=O)Nc1ccc(C(F)(F)F)cc1-n1cccn1)n1cc(C#CC2CN(c3ccc(NC4CCC(=O)NC4=O)c(F)c3)C2)cn1. The smallest absolute Gasteiger partial charge is 0.371 e. The molecular weight excluding hydrogens is 632 g/mol. The molecule has 2 aliphatic heterocycles. The third-order valence-corrected chi connectivity index (χ3v) is 8.22. The van der Waals surface area contributed by atoms with Gasteiger partial charge < -0.3 is 15.5 Å². The van der Waals surface area contributed by atoms with E-state index < -0.39 is 41.0 Å². The first-order valence-electron chi connectivity index (χ1n) is 15.0. The number of piperidine rings is 1. The first kappa shape index (κ1) is 32.3. The normalized spacial score (nSPS) is 16.9. The number of halogens is 4. The van der Waals surface area contributed by atoms with Gasteiger partial charge in [-0.05, 0) is 62.7 Å². The Labute approximate surface area is 272 Å². The zero-order valence-corrected chi connectivity index (χ0v) is 25.8. The Morgan fingerprint density at radius 1 is 1.06 bits per heavy atom. The number of rotatable bonds is 7. The zero-order valence-electron chi connectivity index (χ0n) is 25.8. The van der Waals surface area contributed by atoms with Gasteiger partial charge >= 0.3 is 6.18 Å². The minimum absolute atomic E-state index is 0.00869. The summed E-state index contributed by atoms with van der Waals surface area (Å²) in [6.07, 6.45) is 1.95. The summed E-state index contributed by atoms with van der Waals surface area (Å²) in [6.45, 7) is 4.39. The van der Waals surface area contributed by atoms with Crippen LogP contribution >= 0.6 is 0 Å². The van der Waals surface area contributed by atoms with Crippen molar-refractivity contribution in [1.29, 1.82) is 0 Å². The van der Waals surface area contributed by atoms with Gasteiger partial charge in [-0.1, -0.05) is 11.8 Å². The third kappa shape index (κ3) is 6.73. The largest absolute Gasteiger partial charge is 0.416 e. The molecule has 2 aromatic heterocycles. The summed E-state index contributed by atoms with van der Waals surface area (Å²) >= 11 is 0. The molecule has 2 fully saturated rings. The fourth-order valence-electron chi connectivity index (χ4n) is 5.29. The van der Waals surface area contributed by atoms with Crippen molar-refractivity contribution in [1.82, 2.24) is 24.9 Å². The lowest BCUT2D eigenvalue weighted by Crippen LogP contribution is -2.47. The molecule has 1 unspecified atom stereocenters. The average molecular weight is 663 g/mol. The van der Waals surface area contributed by atoms with Gasteiger partial charge in [0.25, 0.3) is 5.91 Å². The van der Waals surface area contributed by atoms with Crippen LogP contribution in [0, 0.1) is 23.6 Å². The van der Waals surface area contributed by atoms with Crippen LogP contribution in [0.15, 0.2) is 67.3 Å². The Hall–Kier alpha value is -5.65. The molecule has 3 N–H and O–H groups in total. The highest BCUT2D eigenvalue weighted by Crippen LogP contribution is 2.34. The second kappa shape index (κ2) is 12.5. The number of nitrogens with one attached hydrogen (secondary N) is 3. The number of carbonyl (C=O) groups is 3. The van der Waals surface area contributed by atoms with Crippen molar-refractivity contribution in [2.75, 3.05) is 28.6 Å². The maximum atomic E-state index is 14.8. The van der Waals surface area contributed by atoms with Crippen LogP contribution in [0.3, 0.4) is 0 Å². The predicted molar refractivity (Wildman–Crippen MR) is 168 cm³/mol. The van der Waals surface area contributed by atoms with E-state index >= 15 is 0 Å². The maximum Gasteiger partial charge on any atom is 0.416 e. The number of hydrogen-bond donors (Lipinski definition) is 3. The van der Waals surface area contributed by atoms with Crippen molar-refractivity contribution in [2.24, 2.45) is 5.92 Å². The lowest BCUT2D eigenvalue weighted by atomic mass is 9.99. The molecule has 15 heteroatoms. The van der Waals surface area contributed by atoms with Crippen LogP contribution in [0.5, 0.6) is 0 Å². The quantitative estimate of drug-likeness (QED) is 0.153. The first-order chi connectivity index (χ1) is 22.8. The highest BCUT2D eigenvalue weighted by molar-refractivity contribution is 6.01. The van der Waals surface area contributed by atoms with Gasteiger partial charge in [0.2, 0.25) is 11.8 Å². The minimum Gasteiger partial charge on any atom is -0.371 e. The molecule has 248 valence electrons. The summed E-state index contributed by atoms with van der Waals surface area (Å²) in [5.74, 6) is 4.40. The van der Waals surface area contributed by atoms with Crippen LogP contribution in [0.4, 0.5) is 34.6 Å². The van der Waals surface area contributed by atoms with Gasteiger partial charge in [-0.25, -0.2) is 9.07 Å². The van der Waals surface area contributed by atoms with Gasteiger partial charge in [0, 0.05) is 43.8 Å². The average Bonchev–Trinajstić information content (AvgIpc) is 3.72. The second-order valence-electron chi connectivity index (χ2n) is 12.1. The minimum atomic E-state index is -4.57. The monoisotopic (exact) mass is 662 g/mol. The molecule has 3 amide bonds. The van der Waals surface area contributed by atoms with E-state index in [1.54, 1.807) is 38.2 Å². The maximum absolute atomic E-state index is 14.8. The van der Waals surface area contributed by atoms with E-state index in [0.717, 1.165) is 12.1 Å². The number of hydrogen-bond acceptors (Lipinski definition) is 7. The van der Waals surface area contributed by atoms with Gasteiger partial charge in [0.15, 0.2) is 0 Å². The van der Waals surface area contributed by atoms with Crippen LogP contribution in [-0.4, -0.2) is 56.4 Å². The molecule has 0 bridgehead atoms. The van der Waals surface area contributed by atoms with Crippen LogP contribution in [-0.2, 0) is 26.1 Å². The van der Waals surface area contributed by atoms with E-state index in [-0.39, 0.29) is 41.7 Å². The van der Waals surface area contributed by atoms with E-state index in [1.165, 1.54) is 40.1 Å². The lowest BCUT2D eigenvalue weighted by molar-refractivity contribution is -0.137. The molecule has 6 rings (SSSR count). The van der Waals surface area contributed by atoms with Crippen molar-refractivity contribution in [3.05, 3.63) is 84.2 Å². The molecule has 2 aromatic carbocycles. The molecule has 1 atom stereocenters. The highest BCUT2D eigenvalue weighted by Gasteiger charge is 2.34. The summed E-state index contributed by atoms with van der Waals surface area (Å²) in [6, 6.07) is 8.59. The first-order valence-corrected chi connectivity index (χ1v) is 15.0. The van der Waals surface area contributed by atoms with Crippen molar-refractivity contribution in [3.63, 3.8) is 0 Å². The Bertz CT molecular complexity index is 1940. The van der Waals surface area contributed by atoms with Crippen LogP contribution in [0.2, 0.25) is 0 Å². The number of carbonyl (C=O) groups excluding carboxylic acids is 3. The van der Waals surface area contributed by atoms with Crippen molar-refractivity contribution in [3.8, 4) is 17.5 Å². The van der Waals surface area contributed by atoms with Crippen LogP contribution in [0.1, 0.15) is 37.8 Å². The molecule has 4 heterocycles. The van der Waals surface area contributed by atoms with Gasteiger partial charge in [-0.3, -0.25) is 24.4 Å². The highest BCUT2D eigenvalue weighted by atomic mass is 19.4. The van der Waals surface area contributed by atoms with E-state index in [1.807, 2.05) is 4.90 Å². The van der Waals surface area contributed by atoms with Gasteiger partial charge in [0.05, 0.1) is 40.3 Å². The van der Waals surface area contributed by atoms with E-state index in [9.17, 15) is 31.9 Å². The van der Waals surface area contributed by atoms with Crippen molar-refractivity contribution < 1.29 is 31.9 Å². The van der Waals surface area contributed by atoms with Crippen LogP contribution < -0.4 is 20.9 Å². The molecule has 11 nitrogen and oxygen atoms in total. The second-order valence-corrected chi connectivity index (χ2v) is 12.1. The number of amides is 3. The molecule has 0 spiro atoms. The molecule has 2 saturated heterocycles. The fraction of sp³-hybridized carbons (Fsp3) is 0.303. The van der Waals surface area contributed by atoms with E-state index in [4.69, 9.17) is 0 Å². The van der Waals surface area contributed by atoms with Gasteiger partial charge in [-0.2, -0.15) is 23.4 Å². The third-order valence-electron chi connectivity index (χ3n) is 8.22. The Morgan fingerprint density at radius 3 is 2.52 bits per heavy atom. The number of alkyl halides is 3. The molecular formula is C33H30F4N8O3. The lowest BCUT2D eigenvalue weighted by Gasteiger charge is -2.38. The molecule has 0 aliphatic carbocycles. The van der Waals surface area contributed by atoms with E-state index in [2.05, 4.69) is 38.0 Å². The topological polar surface area (TPSA) is 126 Å². The Balaban J connectivity index is 1.07. The summed E-state index contributed by atoms with van der Waals surface area (Å²) in [7, 11) is 0. The molecule has 0 saturated carbocycles. The van der Waals surface area contributed by atoms with Gasteiger partial charge in [-0.15, -0.1) is 0 Å². The summed E-state index contributed by atoms with van der Waals surface area (Å²) in [5.41, 5.74) is -0.494. The van der Waals surface area contributed by atoms with Crippen LogP contribution in [0.25, 0.3) is 5.69 Å². The Kier molecular flexibility index (Phi) is 8.42. The van der Waals surface area contributed by atoms with Crippen molar-refractivity contribution in [2.45, 2.75) is 44.4 Å². The standard InChI is InChI=1S/C33H30F4N8O3/c1-32(2,31(48)41-26-8-6-22(33(35,36)37)14-28(26)44-13-3-12-38-44)45-19-20(16-39-45)4-5-21-17-43(18-21)23-7-9-25(24(34)15-23)40-27-10-11-29(46)42-30(27)47/h3,6-9,12-16,19,21,27,40H,10-11,17-18H2,1-2H3,(H,41,48)(H,42,46,47). The van der Waals surface area contributed by atoms with E-state index in [0.29, 0.717) is 24.3 Å². The molecule has 2 aliphatic rings. The summed E-state index contributed by atoms with van der Waals surface area (Å²) < 4.78 is 57.7. The van der Waals surface area contributed by atoms with Gasteiger partial charge in [0.1, 0.15) is 17.4 Å². The zero-order chi connectivity index (χ0) is 34.2. The number of imide groups is 1. The summed E-state index contributed by atoms with van der Waals surface area (Å²) in [5, 5.41) is 16.1. The molecule has 0 radical (unpaired) electrons. The van der Waals surface area contributed by atoms with Crippen molar-refractivity contribution >= 4 is 34.8 Å². The molecule has 48 heavy (non-hydrogen) atoms. The number of aromatic nitrogens is 4. The fourth-order valence-corrected chi connectivity index (χ4v) is 5.29. The Morgan fingerprint density at radius 2 is 1.83 bits per heavy atom. The molecule has 4 aromatic rings. The number of nitrogens with zero attached hydrogens (tertiary/aromatic N) is 5.